The number of nitrogens with zero attached hydrogens (tertiary/aromatic N) is 6. The fourth-order valence-corrected chi connectivity index (χ4v) is 8.85. The fourth-order valence-electron chi connectivity index (χ4n) is 8.85. The predicted octanol–water partition coefficient (Wildman–Crippen LogP) is 12.3. The number of nitriles is 3. The molecule has 0 saturated heterocycles. The van der Waals surface area contributed by atoms with Crippen LogP contribution in [0.15, 0.2) is 170 Å². The van der Waals surface area contributed by atoms with E-state index < -0.39 is 0 Å². The van der Waals surface area contributed by atoms with Gasteiger partial charge in [-0.2, -0.15) is 15.8 Å². The Balaban J connectivity index is 1.10. The third-order valence-electron chi connectivity index (χ3n) is 11.3. The van der Waals surface area contributed by atoms with E-state index in [0.717, 1.165) is 72.1 Å². The summed E-state index contributed by atoms with van der Waals surface area (Å²) in [6, 6.07) is 65.0. The van der Waals surface area contributed by atoms with Crippen molar-refractivity contribution in [2.45, 2.75) is 0 Å². The van der Waals surface area contributed by atoms with Crippen LogP contribution in [0.3, 0.4) is 0 Å². The molecule has 0 bridgehead atoms. The molecule has 0 saturated carbocycles. The molecule has 0 radical (unpaired) electrons. The summed E-state index contributed by atoms with van der Waals surface area (Å²) in [5.41, 5.74) is 12.8. The number of rotatable bonds is 4. The summed E-state index contributed by atoms with van der Waals surface area (Å²) < 4.78 is 6.87. The molecule has 0 fully saturated rings. The van der Waals surface area contributed by atoms with Crippen LogP contribution in [0.25, 0.3) is 93.6 Å². The number of hydrogen-bond donors (Lipinski definition) is 0. The second kappa shape index (κ2) is 12.3. The van der Waals surface area contributed by atoms with E-state index in [0.29, 0.717) is 16.7 Å². The van der Waals surface area contributed by atoms with Crippen LogP contribution in [-0.4, -0.2) is 13.7 Å². The molecule has 0 amide bonds. The Bertz CT molecular complexity index is 3490. The molecule has 3 aromatic heterocycles. The predicted molar refractivity (Wildman–Crippen MR) is 229 cm³/mol. The van der Waals surface area contributed by atoms with Crippen molar-refractivity contribution < 1.29 is 0 Å². The van der Waals surface area contributed by atoms with Crippen molar-refractivity contribution in [3.8, 4) is 46.4 Å². The first-order chi connectivity index (χ1) is 28.1. The Hall–Kier alpha value is -8.37. The lowest BCUT2D eigenvalue weighted by Gasteiger charge is -2.15. The second-order valence-corrected chi connectivity index (χ2v) is 14.3. The van der Waals surface area contributed by atoms with Gasteiger partial charge in [-0.15, -0.1) is 0 Å². The lowest BCUT2D eigenvalue weighted by atomic mass is 10.0. The van der Waals surface area contributed by atoms with Gasteiger partial charge in [0.1, 0.15) is 0 Å². The topological polar surface area (TPSA) is 86.2 Å². The second-order valence-electron chi connectivity index (χ2n) is 14.3. The third-order valence-corrected chi connectivity index (χ3v) is 11.3. The molecule has 0 aliphatic rings. The van der Waals surface area contributed by atoms with Gasteiger partial charge < -0.3 is 13.7 Å². The van der Waals surface area contributed by atoms with Gasteiger partial charge in [0.2, 0.25) is 0 Å². The summed E-state index contributed by atoms with van der Waals surface area (Å²) >= 11 is 0. The van der Waals surface area contributed by atoms with E-state index in [9.17, 15) is 15.8 Å². The zero-order valence-corrected chi connectivity index (χ0v) is 30.3. The Morgan fingerprint density at radius 3 is 1.40 bits per heavy atom. The molecule has 11 aromatic rings. The minimum atomic E-state index is 0.530. The molecule has 6 nitrogen and oxygen atoms in total. The van der Waals surface area contributed by atoms with E-state index in [1.807, 2.05) is 36.4 Å². The Labute approximate surface area is 326 Å². The van der Waals surface area contributed by atoms with Gasteiger partial charge in [0, 0.05) is 43.7 Å². The maximum atomic E-state index is 10.3. The molecule has 3 heterocycles. The van der Waals surface area contributed by atoms with Crippen molar-refractivity contribution in [2.75, 3.05) is 0 Å². The number of aromatic nitrogens is 3. The van der Waals surface area contributed by atoms with Crippen LogP contribution in [0.2, 0.25) is 0 Å². The van der Waals surface area contributed by atoms with E-state index in [2.05, 4.69) is 153 Å². The molecule has 262 valence electrons. The summed E-state index contributed by atoms with van der Waals surface area (Å²) in [6.45, 7) is 0. The standard InChI is InChI=1S/C51H28N6/c52-29-32-16-22-48-43(26-32)44-27-33(30-53)17-23-49(44)55(48)38-25-34(31-54)24-36(28-38)35-18-20-37(21-19-35)56-45-12-4-3-10-41(45)42-11-7-15-50(51(42)56)57-46-13-5-1-8-39(46)40-9-2-6-14-47(40)57/h1-28H. The van der Waals surface area contributed by atoms with Crippen LogP contribution in [0.1, 0.15) is 16.7 Å². The van der Waals surface area contributed by atoms with E-state index in [-0.39, 0.29) is 0 Å². The van der Waals surface area contributed by atoms with Crippen molar-refractivity contribution in [3.05, 3.63) is 187 Å². The molecule has 0 N–H and O–H groups in total. The fraction of sp³-hybridized carbons (Fsp3) is 0. The van der Waals surface area contributed by atoms with Gasteiger partial charge in [-0.05, 0) is 102 Å². The Morgan fingerprint density at radius 1 is 0.316 bits per heavy atom. The summed E-state index contributed by atoms with van der Waals surface area (Å²) in [6.07, 6.45) is 0. The molecule has 0 spiro atoms. The van der Waals surface area contributed by atoms with E-state index >= 15 is 0 Å². The van der Waals surface area contributed by atoms with Gasteiger partial charge in [0.15, 0.2) is 0 Å². The van der Waals surface area contributed by atoms with Gasteiger partial charge in [-0.25, -0.2) is 0 Å². The first-order valence-corrected chi connectivity index (χ1v) is 18.7. The monoisotopic (exact) mass is 724 g/mol. The molecule has 8 aromatic carbocycles. The van der Waals surface area contributed by atoms with E-state index in [1.54, 1.807) is 12.1 Å². The van der Waals surface area contributed by atoms with Gasteiger partial charge in [0.05, 0.1) is 73.7 Å². The average Bonchev–Trinajstić information content (AvgIpc) is 3.91. The average molecular weight is 725 g/mol. The summed E-state index contributed by atoms with van der Waals surface area (Å²) in [5, 5.41) is 36.2. The highest BCUT2D eigenvalue weighted by Gasteiger charge is 2.20. The highest BCUT2D eigenvalue weighted by atomic mass is 15.1. The summed E-state index contributed by atoms with van der Waals surface area (Å²) in [4.78, 5) is 0. The van der Waals surface area contributed by atoms with Crippen LogP contribution in [-0.2, 0) is 0 Å². The van der Waals surface area contributed by atoms with Crippen molar-refractivity contribution in [1.29, 1.82) is 15.8 Å². The highest BCUT2D eigenvalue weighted by molar-refractivity contribution is 6.15. The van der Waals surface area contributed by atoms with E-state index in [1.165, 1.54) is 21.5 Å². The number of benzene rings is 8. The molecule has 0 aliphatic heterocycles. The molecule has 0 unspecified atom stereocenters. The highest BCUT2D eigenvalue weighted by Crippen LogP contribution is 2.40. The Morgan fingerprint density at radius 2 is 0.825 bits per heavy atom. The largest absolute Gasteiger partial charge is 0.309 e. The molecular formula is C51H28N6. The number of para-hydroxylation sites is 4. The Kier molecular flexibility index (Phi) is 6.95. The molecule has 6 heteroatoms. The molecule has 0 atom stereocenters. The van der Waals surface area contributed by atoms with Crippen molar-refractivity contribution in [1.82, 2.24) is 13.7 Å². The van der Waals surface area contributed by atoms with Gasteiger partial charge >= 0.3 is 0 Å². The smallest absolute Gasteiger partial charge is 0.0992 e. The van der Waals surface area contributed by atoms with Crippen molar-refractivity contribution in [3.63, 3.8) is 0 Å². The van der Waals surface area contributed by atoms with Gasteiger partial charge in [-0.1, -0.05) is 78.9 Å². The zero-order valence-electron chi connectivity index (χ0n) is 30.3. The minimum Gasteiger partial charge on any atom is -0.309 e. The minimum absolute atomic E-state index is 0.530. The van der Waals surface area contributed by atoms with Crippen molar-refractivity contribution >= 4 is 65.4 Å². The molecule has 57 heavy (non-hydrogen) atoms. The SMILES string of the molecule is N#Cc1cc(-c2ccc(-n3c4ccccc4c4cccc(-n5c6ccccc6c6ccccc65)c43)cc2)cc(-n2c3ccc(C#N)cc3c3cc(C#N)ccc32)c1. The molecule has 0 aliphatic carbocycles. The first-order valence-electron chi connectivity index (χ1n) is 18.7. The van der Waals surface area contributed by atoms with Crippen molar-refractivity contribution in [2.24, 2.45) is 0 Å². The van der Waals surface area contributed by atoms with E-state index in [4.69, 9.17) is 0 Å². The maximum absolute atomic E-state index is 10.3. The third kappa shape index (κ3) is 4.74. The maximum Gasteiger partial charge on any atom is 0.0992 e. The first kappa shape index (κ1) is 32.1. The zero-order chi connectivity index (χ0) is 38.2. The number of hydrogen-bond acceptors (Lipinski definition) is 3. The van der Waals surface area contributed by atoms with Crippen LogP contribution in [0.4, 0.5) is 0 Å². The molecular weight excluding hydrogens is 697 g/mol. The molecule has 11 rings (SSSR count). The normalized spacial score (nSPS) is 11.5. The lowest BCUT2D eigenvalue weighted by Crippen LogP contribution is -2.00. The lowest BCUT2D eigenvalue weighted by molar-refractivity contribution is 1.13. The van der Waals surface area contributed by atoms with Crippen LogP contribution in [0, 0.1) is 34.0 Å². The van der Waals surface area contributed by atoms with Gasteiger partial charge in [-0.3, -0.25) is 0 Å². The van der Waals surface area contributed by atoms with Crippen LogP contribution < -0.4 is 0 Å². The van der Waals surface area contributed by atoms with Crippen LogP contribution >= 0.6 is 0 Å². The summed E-state index contributed by atoms with van der Waals surface area (Å²) in [5.74, 6) is 0. The number of fused-ring (bicyclic) bond motifs is 9. The van der Waals surface area contributed by atoms with Gasteiger partial charge in [0.25, 0.3) is 0 Å². The van der Waals surface area contributed by atoms with Crippen LogP contribution in [0.5, 0.6) is 0 Å². The quantitative estimate of drug-likeness (QED) is 0.181. The summed E-state index contributed by atoms with van der Waals surface area (Å²) in [7, 11) is 0.